The van der Waals surface area contributed by atoms with Gasteiger partial charge in [0.05, 0.1) is 12.1 Å². The first-order valence-corrected chi connectivity index (χ1v) is 11.1. The molecule has 0 bridgehead atoms. The predicted octanol–water partition coefficient (Wildman–Crippen LogP) is 6.15. The van der Waals surface area contributed by atoms with Crippen LogP contribution in [0.25, 0.3) is 0 Å². The van der Waals surface area contributed by atoms with Crippen molar-refractivity contribution in [3.05, 3.63) is 117 Å². The van der Waals surface area contributed by atoms with Crippen LogP contribution in [0.4, 0.5) is 8.78 Å². The van der Waals surface area contributed by atoms with Crippen LogP contribution in [0.5, 0.6) is 0 Å². The topological polar surface area (TPSA) is 46.6 Å². The van der Waals surface area contributed by atoms with Gasteiger partial charge in [0.15, 0.2) is 0 Å². The Kier molecular flexibility index (Phi) is 7.08. The molecule has 3 aromatic rings. The van der Waals surface area contributed by atoms with E-state index in [1.807, 2.05) is 30.3 Å². The smallest absolute Gasteiger partial charge is 0.336 e. The van der Waals surface area contributed by atoms with Crippen molar-refractivity contribution in [2.45, 2.75) is 32.4 Å². The van der Waals surface area contributed by atoms with Gasteiger partial charge in [-0.15, -0.1) is 0 Å². The Labute approximate surface area is 201 Å². The summed E-state index contributed by atoms with van der Waals surface area (Å²) in [6, 6.07) is 19.3. The highest BCUT2D eigenvalue weighted by atomic mass is 35.5. The van der Waals surface area contributed by atoms with Gasteiger partial charge in [-0.2, -0.15) is 0 Å². The van der Waals surface area contributed by atoms with Crippen LogP contribution in [0.15, 0.2) is 84.1 Å². The van der Waals surface area contributed by atoms with Crippen LogP contribution in [0.1, 0.15) is 36.0 Å². The van der Waals surface area contributed by atoms with E-state index in [0.29, 0.717) is 16.3 Å². The molecule has 1 unspecified atom stereocenters. The largest absolute Gasteiger partial charge is 0.457 e. The van der Waals surface area contributed by atoms with Crippen molar-refractivity contribution in [3.63, 3.8) is 0 Å². The predicted molar refractivity (Wildman–Crippen MR) is 125 cm³/mol. The number of benzene rings is 3. The molecule has 34 heavy (non-hydrogen) atoms. The lowest BCUT2D eigenvalue weighted by atomic mass is 9.83. The van der Waals surface area contributed by atoms with Crippen molar-refractivity contribution in [2.75, 3.05) is 0 Å². The molecule has 0 aromatic heterocycles. The number of esters is 1. The van der Waals surface area contributed by atoms with E-state index in [2.05, 4.69) is 0 Å². The fourth-order valence-corrected chi connectivity index (χ4v) is 4.26. The molecular formula is C27H22ClF2NO3. The molecule has 4 rings (SSSR count). The van der Waals surface area contributed by atoms with Gasteiger partial charge >= 0.3 is 5.97 Å². The molecule has 0 aliphatic carbocycles. The maximum absolute atomic E-state index is 13.7. The Morgan fingerprint density at radius 1 is 1.00 bits per heavy atom. The maximum Gasteiger partial charge on any atom is 0.336 e. The van der Waals surface area contributed by atoms with Gasteiger partial charge in [0, 0.05) is 29.1 Å². The van der Waals surface area contributed by atoms with Crippen LogP contribution >= 0.6 is 11.6 Å². The molecule has 0 fully saturated rings. The van der Waals surface area contributed by atoms with Gasteiger partial charge in [-0.05, 0) is 47.9 Å². The summed E-state index contributed by atoms with van der Waals surface area (Å²) in [5.41, 5.74) is 2.58. The van der Waals surface area contributed by atoms with Crippen molar-refractivity contribution in [1.29, 1.82) is 0 Å². The molecule has 1 aliphatic rings. The van der Waals surface area contributed by atoms with E-state index in [1.54, 1.807) is 31.2 Å². The summed E-state index contributed by atoms with van der Waals surface area (Å²) < 4.78 is 33.0. The molecule has 1 atom stereocenters. The first kappa shape index (κ1) is 23.6. The molecular weight excluding hydrogens is 460 g/mol. The fraction of sp³-hybridized carbons (Fsp3) is 0.185. The van der Waals surface area contributed by atoms with E-state index in [-0.39, 0.29) is 31.0 Å². The summed E-state index contributed by atoms with van der Waals surface area (Å²) in [5, 5.41) is 0.537. The number of nitrogens with zero attached hydrogens (tertiary/aromatic N) is 1. The number of carbonyl (C=O) groups is 2. The highest BCUT2D eigenvalue weighted by molar-refractivity contribution is 6.30. The van der Waals surface area contributed by atoms with Gasteiger partial charge in [-0.3, -0.25) is 4.79 Å². The molecule has 7 heteroatoms. The Balaban J connectivity index is 1.69. The molecule has 0 saturated heterocycles. The van der Waals surface area contributed by atoms with Crippen LogP contribution in [-0.4, -0.2) is 16.8 Å². The zero-order valence-electron chi connectivity index (χ0n) is 18.4. The summed E-state index contributed by atoms with van der Waals surface area (Å²) in [6.07, 6.45) is 0.00649. The Morgan fingerprint density at radius 2 is 1.65 bits per heavy atom. The molecule has 0 saturated carbocycles. The number of rotatable bonds is 6. The molecule has 0 N–H and O–H groups in total. The number of allylic oxidation sites excluding steroid dienone is 1. The summed E-state index contributed by atoms with van der Waals surface area (Å²) in [4.78, 5) is 27.8. The molecule has 1 heterocycles. The third-order valence-electron chi connectivity index (χ3n) is 5.79. The number of hydrogen-bond acceptors (Lipinski definition) is 3. The minimum Gasteiger partial charge on any atom is -0.457 e. The fourth-order valence-electron chi connectivity index (χ4n) is 4.13. The third kappa shape index (κ3) is 5.34. The second-order valence-electron chi connectivity index (χ2n) is 8.13. The van der Waals surface area contributed by atoms with Crippen molar-refractivity contribution in [1.82, 2.24) is 4.90 Å². The minimum absolute atomic E-state index is 0.00649. The average Bonchev–Trinajstić information content (AvgIpc) is 2.80. The number of amides is 1. The van der Waals surface area contributed by atoms with Crippen LogP contribution in [0, 0.1) is 11.6 Å². The van der Waals surface area contributed by atoms with E-state index >= 15 is 0 Å². The quantitative estimate of drug-likeness (QED) is 0.397. The monoisotopic (exact) mass is 481 g/mol. The molecule has 1 amide bonds. The Hall–Kier alpha value is -3.51. The number of halogens is 3. The van der Waals surface area contributed by atoms with Crippen molar-refractivity contribution in [2.24, 2.45) is 0 Å². The highest BCUT2D eigenvalue weighted by Gasteiger charge is 2.37. The van der Waals surface area contributed by atoms with Gasteiger partial charge in [-0.1, -0.05) is 54.1 Å². The van der Waals surface area contributed by atoms with Gasteiger partial charge in [0.25, 0.3) is 0 Å². The molecule has 174 valence electrons. The summed E-state index contributed by atoms with van der Waals surface area (Å²) in [6.45, 7) is 1.66. The summed E-state index contributed by atoms with van der Waals surface area (Å²) in [7, 11) is 0. The second kappa shape index (κ2) is 10.2. The van der Waals surface area contributed by atoms with E-state index in [4.69, 9.17) is 16.3 Å². The van der Waals surface area contributed by atoms with Gasteiger partial charge < -0.3 is 9.64 Å². The van der Waals surface area contributed by atoms with Crippen LogP contribution in [-0.2, 0) is 27.5 Å². The van der Waals surface area contributed by atoms with Crippen LogP contribution < -0.4 is 0 Å². The molecule has 4 nitrogen and oxygen atoms in total. The summed E-state index contributed by atoms with van der Waals surface area (Å²) >= 11 is 6.02. The number of hydrogen-bond donors (Lipinski definition) is 0. The van der Waals surface area contributed by atoms with E-state index in [1.165, 1.54) is 17.0 Å². The zero-order chi connectivity index (χ0) is 24.2. The maximum atomic E-state index is 13.7. The van der Waals surface area contributed by atoms with Crippen molar-refractivity contribution < 1.29 is 23.1 Å². The lowest BCUT2D eigenvalue weighted by molar-refractivity contribution is -0.141. The number of carbonyl (C=O) groups excluding carboxylic acids is 2. The van der Waals surface area contributed by atoms with Gasteiger partial charge in [-0.25, -0.2) is 13.6 Å². The highest BCUT2D eigenvalue weighted by Crippen LogP contribution is 2.38. The molecule has 0 spiro atoms. The third-order valence-corrected chi connectivity index (χ3v) is 6.04. The van der Waals surface area contributed by atoms with Crippen LogP contribution in [0.2, 0.25) is 5.02 Å². The minimum atomic E-state index is -0.734. The number of ether oxygens (including phenoxy) is 1. The lowest BCUT2D eigenvalue weighted by Crippen LogP contribution is -2.38. The van der Waals surface area contributed by atoms with Crippen molar-refractivity contribution >= 4 is 23.5 Å². The van der Waals surface area contributed by atoms with E-state index in [0.717, 1.165) is 17.2 Å². The normalized spacial score (nSPS) is 16.1. The van der Waals surface area contributed by atoms with Crippen molar-refractivity contribution in [3.8, 4) is 0 Å². The lowest BCUT2D eigenvalue weighted by Gasteiger charge is -2.34. The Morgan fingerprint density at radius 3 is 2.29 bits per heavy atom. The average molecular weight is 482 g/mol. The summed E-state index contributed by atoms with van der Waals surface area (Å²) in [5.74, 6) is -2.82. The SMILES string of the molecule is CC1=C(C(=O)OCc2ccccc2)C(c2ccc(Cl)cc2)CC(=O)N1Cc1cc(F)cc(F)c1. The van der Waals surface area contributed by atoms with E-state index in [9.17, 15) is 18.4 Å². The van der Waals surface area contributed by atoms with E-state index < -0.39 is 23.5 Å². The molecule has 0 radical (unpaired) electrons. The zero-order valence-corrected chi connectivity index (χ0v) is 19.2. The molecule has 1 aliphatic heterocycles. The van der Waals surface area contributed by atoms with Crippen LogP contribution in [0.3, 0.4) is 0 Å². The first-order valence-electron chi connectivity index (χ1n) is 10.7. The standard InChI is InChI=1S/C27H22ClF2NO3/c1-17-26(27(33)34-16-18-5-3-2-4-6-18)24(20-7-9-21(28)10-8-20)14-25(32)31(17)15-19-11-22(29)13-23(30)12-19/h2-13,24H,14-16H2,1H3. The Bertz CT molecular complexity index is 1220. The second-order valence-corrected chi connectivity index (χ2v) is 8.56. The van der Waals surface area contributed by atoms with Gasteiger partial charge in [0.2, 0.25) is 5.91 Å². The van der Waals surface area contributed by atoms with Gasteiger partial charge in [0.1, 0.15) is 18.2 Å². The molecule has 3 aromatic carbocycles. The first-order chi connectivity index (χ1) is 16.3.